The van der Waals surface area contributed by atoms with Crippen molar-refractivity contribution in [1.29, 1.82) is 0 Å². The summed E-state index contributed by atoms with van der Waals surface area (Å²) in [6.07, 6.45) is 0. The van der Waals surface area contributed by atoms with Gasteiger partial charge in [-0.3, -0.25) is 0 Å². The molecule has 4 heteroatoms. The van der Waals surface area contributed by atoms with Gasteiger partial charge in [-0.2, -0.15) is 0 Å². The average molecular weight is 212 g/mol. The standard InChI is InChI=1S/C11H13FO3/c1-11(2,5-13)7-3-4-8-10(9(7)12)15-6-14-8/h3-4,13H,5-6H2,1-2H3. The Hall–Kier alpha value is -1.29. The quantitative estimate of drug-likeness (QED) is 0.812. The molecule has 1 heterocycles. The highest BCUT2D eigenvalue weighted by atomic mass is 19.1. The highest BCUT2D eigenvalue weighted by Crippen LogP contribution is 2.39. The molecule has 0 saturated heterocycles. The first-order chi connectivity index (χ1) is 7.06. The summed E-state index contributed by atoms with van der Waals surface area (Å²) >= 11 is 0. The van der Waals surface area contributed by atoms with Crippen LogP contribution in [0, 0.1) is 5.82 Å². The van der Waals surface area contributed by atoms with E-state index in [4.69, 9.17) is 9.47 Å². The summed E-state index contributed by atoms with van der Waals surface area (Å²) in [7, 11) is 0. The van der Waals surface area contributed by atoms with Crippen LogP contribution in [0.3, 0.4) is 0 Å². The minimum atomic E-state index is -0.620. The third-order valence-electron chi connectivity index (χ3n) is 2.60. The van der Waals surface area contributed by atoms with Crippen molar-refractivity contribution >= 4 is 0 Å². The molecule has 0 aliphatic carbocycles. The molecule has 1 aromatic carbocycles. The van der Waals surface area contributed by atoms with Crippen molar-refractivity contribution in [2.75, 3.05) is 13.4 Å². The zero-order valence-electron chi connectivity index (χ0n) is 8.71. The number of fused-ring (bicyclic) bond motifs is 1. The molecule has 0 spiro atoms. The molecule has 0 atom stereocenters. The minimum Gasteiger partial charge on any atom is -0.453 e. The Balaban J connectivity index is 2.51. The molecule has 15 heavy (non-hydrogen) atoms. The Morgan fingerprint density at radius 3 is 2.80 bits per heavy atom. The summed E-state index contributed by atoms with van der Waals surface area (Å²) in [6, 6.07) is 3.29. The van der Waals surface area contributed by atoms with E-state index in [0.29, 0.717) is 11.3 Å². The van der Waals surface area contributed by atoms with E-state index >= 15 is 0 Å². The van der Waals surface area contributed by atoms with E-state index in [9.17, 15) is 9.50 Å². The van der Waals surface area contributed by atoms with Gasteiger partial charge >= 0.3 is 0 Å². The Morgan fingerprint density at radius 1 is 1.40 bits per heavy atom. The van der Waals surface area contributed by atoms with Crippen LogP contribution in [-0.4, -0.2) is 18.5 Å². The van der Waals surface area contributed by atoms with Crippen molar-refractivity contribution < 1.29 is 19.0 Å². The van der Waals surface area contributed by atoms with E-state index in [1.54, 1.807) is 26.0 Å². The lowest BCUT2D eigenvalue weighted by Crippen LogP contribution is -2.23. The van der Waals surface area contributed by atoms with Gasteiger partial charge in [0.15, 0.2) is 11.6 Å². The fourth-order valence-corrected chi connectivity index (χ4v) is 1.55. The molecule has 0 bridgehead atoms. The number of halogens is 1. The van der Waals surface area contributed by atoms with E-state index in [-0.39, 0.29) is 19.1 Å². The van der Waals surface area contributed by atoms with Crippen molar-refractivity contribution in [3.8, 4) is 11.5 Å². The van der Waals surface area contributed by atoms with Gasteiger partial charge < -0.3 is 14.6 Å². The molecule has 0 radical (unpaired) electrons. The van der Waals surface area contributed by atoms with Gasteiger partial charge in [0.25, 0.3) is 0 Å². The highest BCUT2D eigenvalue weighted by Gasteiger charge is 2.29. The van der Waals surface area contributed by atoms with E-state index in [1.807, 2.05) is 0 Å². The first-order valence-electron chi connectivity index (χ1n) is 4.76. The SMILES string of the molecule is CC(C)(CO)c1ccc2c(c1F)OCO2. The number of hydrogen-bond acceptors (Lipinski definition) is 3. The van der Waals surface area contributed by atoms with Crippen molar-refractivity contribution in [2.24, 2.45) is 0 Å². The van der Waals surface area contributed by atoms with Crippen LogP contribution in [0.2, 0.25) is 0 Å². The largest absolute Gasteiger partial charge is 0.453 e. The molecule has 0 aromatic heterocycles. The lowest BCUT2D eigenvalue weighted by molar-refractivity contribution is 0.170. The van der Waals surface area contributed by atoms with Gasteiger partial charge in [0.05, 0.1) is 6.61 Å². The number of benzene rings is 1. The predicted octanol–water partition coefficient (Wildman–Crippen LogP) is 1.82. The van der Waals surface area contributed by atoms with Crippen LogP contribution < -0.4 is 9.47 Å². The van der Waals surface area contributed by atoms with Gasteiger partial charge in [0, 0.05) is 5.41 Å². The topological polar surface area (TPSA) is 38.7 Å². The van der Waals surface area contributed by atoms with Crippen LogP contribution >= 0.6 is 0 Å². The summed E-state index contributed by atoms with van der Waals surface area (Å²) in [4.78, 5) is 0. The number of ether oxygens (including phenoxy) is 2. The number of hydrogen-bond donors (Lipinski definition) is 1. The second-order valence-electron chi connectivity index (χ2n) is 4.20. The fourth-order valence-electron chi connectivity index (χ4n) is 1.55. The van der Waals surface area contributed by atoms with Crippen molar-refractivity contribution in [3.63, 3.8) is 0 Å². The molecular weight excluding hydrogens is 199 g/mol. The lowest BCUT2D eigenvalue weighted by atomic mass is 9.85. The van der Waals surface area contributed by atoms with Crippen LogP contribution in [0.4, 0.5) is 4.39 Å². The van der Waals surface area contributed by atoms with Crippen molar-refractivity contribution in [2.45, 2.75) is 19.3 Å². The molecule has 0 amide bonds. The molecule has 3 nitrogen and oxygen atoms in total. The van der Waals surface area contributed by atoms with Gasteiger partial charge in [0.1, 0.15) is 0 Å². The summed E-state index contributed by atoms with van der Waals surface area (Å²) in [5.41, 5.74) is -0.181. The van der Waals surface area contributed by atoms with Crippen LogP contribution in [0.1, 0.15) is 19.4 Å². The molecular formula is C11H13FO3. The summed E-state index contributed by atoms with van der Waals surface area (Å²) < 4.78 is 24.0. The maximum atomic E-state index is 13.9. The van der Waals surface area contributed by atoms with Gasteiger partial charge in [-0.1, -0.05) is 19.9 Å². The second kappa shape index (κ2) is 3.38. The van der Waals surface area contributed by atoms with Gasteiger partial charge in [-0.15, -0.1) is 0 Å². The first kappa shape index (κ1) is 10.2. The predicted molar refractivity (Wildman–Crippen MR) is 52.6 cm³/mol. The normalized spacial score (nSPS) is 14.4. The van der Waals surface area contributed by atoms with Crippen molar-refractivity contribution in [3.05, 3.63) is 23.5 Å². The lowest BCUT2D eigenvalue weighted by Gasteiger charge is -2.23. The van der Waals surface area contributed by atoms with Gasteiger partial charge in [-0.05, 0) is 11.6 Å². The van der Waals surface area contributed by atoms with E-state index in [0.717, 1.165) is 0 Å². The third kappa shape index (κ3) is 1.55. The smallest absolute Gasteiger partial charge is 0.231 e. The maximum absolute atomic E-state index is 13.9. The molecule has 0 fully saturated rings. The molecule has 0 saturated carbocycles. The summed E-state index contributed by atoms with van der Waals surface area (Å²) in [6.45, 7) is 3.47. The molecule has 1 aliphatic heterocycles. The van der Waals surface area contributed by atoms with E-state index in [1.165, 1.54) is 0 Å². The zero-order valence-corrected chi connectivity index (χ0v) is 8.71. The van der Waals surface area contributed by atoms with Crippen LogP contribution in [0.15, 0.2) is 12.1 Å². The minimum absolute atomic E-state index is 0.0509. The zero-order chi connectivity index (χ0) is 11.1. The van der Waals surface area contributed by atoms with Gasteiger partial charge in [-0.25, -0.2) is 4.39 Å². The van der Waals surface area contributed by atoms with Crippen LogP contribution in [-0.2, 0) is 5.41 Å². The summed E-state index contributed by atoms with van der Waals surface area (Å²) in [5.74, 6) is 0.128. The number of aliphatic hydroxyl groups excluding tert-OH is 1. The second-order valence-corrected chi connectivity index (χ2v) is 4.20. The Bertz CT molecular complexity index is 388. The van der Waals surface area contributed by atoms with Crippen LogP contribution in [0.25, 0.3) is 0 Å². The maximum Gasteiger partial charge on any atom is 0.231 e. The number of rotatable bonds is 2. The Labute approximate surface area is 87.4 Å². The van der Waals surface area contributed by atoms with E-state index < -0.39 is 11.2 Å². The first-order valence-corrected chi connectivity index (χ1v) is 4.76. The molecule has 82 valence electrons. The highest BCUT2D eigenvalue weighted by molar-refractivity contribution is 5.47. The average Bonchev–Trinajstić information content (AvgIpc) is 2.66. The molecule has 2 rings (SSSR count). The monoisotopic (exact) mass is 212 g/mol. The Kier molecular flexibility index (Phi) is 2.31. The number of aliphatic hydroxyl groups is 1. The molecule has 1 N–H and O–H groups in total. The Morgan fingerprint density at radius 2 is 2.13 bits per heavy atom. The third-order valence-corrected chi connectivity index (χ3v) is 2.60. The molecule has 1 aliphatic rings. The fraction of sp³-hybridized carbons (Fsp3) is 0.455. The van der Waals surface area contributed by atoms with Gasteiger partial charge in [0.2, 0.25) is 12.5 Å². The molecule has 0 unspecified atom stereocenters. The molecule has 1 aromatic rings. The van der Waals surface area contributed by atoms with E-state index in [2.05, 4.69) is 0 Å². The summed E-state index contributed by atoms with van der Waals surface area (Å²) in [5, 5.41) is 9.18. The van der Waals surface area contributed by atoms with Crippen LogP contribution in [0.5, 0.6) is 11.5 Å². The van der Waals surface area contributed by atoms with Crippen molar-refractivity contribution in [1.82, 2.24) is 0 Å².